The lowest BCUT2D eigenvalue weighted by Gasteiger charge is -2.14. The van der Waals surface area contributed by atoms with E-state index in [2.05, 4.69) is 0 Å². The van der Waals surface area contributed by atoms with Gasteiger partial charge in [-0.25, -0.2) is 0 Å². The van der Waals surface area contributed by atoms with Crippen molar-refractivity contribution in [3.8, 4) is 11.5 Å². The first-order valence-electron chi connectivity index (χ1n) is 5.30. The molecule has 3 N–H and O–H groups in total. The zero-order valence-corrected chi connectivity index (χ0v) is 9.81. The largest absolute Gasteiger partial charge is 0.504 e. The number of aldehydes is 2. The van der Waals surface area contributed by atoms with E-state index in [1.807, 2.05) is 0 Å². The zero-order chi connectivity index (χ0) is 14.5. The first-order valence-corrected chi connectivity index (χ1v) is 5.30. The van der Waals surface area contributed by atoms with Crippen LogP contribution in [0, 0.1) is 0 Å². The summed E-state index contributed by atoms with van der Waals surface area (Å²) in [5.41, 5.74) is -1.99. The molecule has 0 aromatic heterocycles. The Bertz CT molecular complexity index is 534. The van der Waals surface area contributed by atoms with Crippen LogP contribution in [0.25, 0.3) is 6.08 Å². The Balaban J connectivity index is 2.91. The fourth-order valence-electron chi connectivity index (χ4n) is 1.29. The van der Waals surface area contributed by atoms with Crippen molar-refractivity contribution in [1.29, 1.82) is 0 Å². The summed E-state index contributed by atoms with van der Waals surface area (Å²) in [7, 11) is 0. The Kier molecular flexibility index (Phi) is 4.55. The number of aliphatic hydroxyl groups is 1. The maximum absolute atomic E-state index is 11.6. The molecule has 0 radical (unpaired) electrons. The molecule has 0 saturated carbocycles. The third-order valence-electron chi connectivity index (χ3n) is 2.44. The minimum absolute atomic E-state index is 0.00235. The number of benzene rings is 1. The Morgan fingerprint density at radius 3 is 2.42 bits per heavy atom. The molecule has 6 heteroatoms. The van der Waals surface area contributed by atoms with Crippen LogP contribution in [0.5, 0.6) is 11.5 Å². The van der Waals surface area contributed by atoms with Gasteiger partial charge in [-0.1, -0.05) is 12.1 Å². The summed E-state index contributed by atoms with van der Waals surface area (Å²) in [4.78, 5) is 32.5. The van der Waals surface area contributed by atoms with Crippen molar-refractivity contribution >= 4 is 24.4 Å². The summed E-state index contributed by atoms with van der Waals surface area (Å²) in [6.07, 6.45) is 1.81. The molecule has 0 heterocycles. The second kappa shape index (κ2) is 5.92. The zero-order valence-electron chi connectivity index (χ0n) is 9.81. The SMILES string of the molecule is O=CCC(O)(C=O)C(=O)C=Cc1ccc(O)c(O)c1. The van der Waals surface area contributed by atoms with Gasteiger partial charge in [0, 0.05) is 6.42 Å². The van der Waals surface area contributed by atoms with Gasteiger partial charge in [0.1, 0.15) is 6.29 Å². The Labute approximate surface area is 108 Å². The van der Waals surface area contributed by atoms with Crippen LogP contribution in [0.15, 0.2) is 24.3 Å². The number of ketones is 1. The van der Waals surface area contributed by atoms with E-state index in [9.17, 15) is 24.6 Å². The van der Waals surface area contributed by atoms with Gasteiger partial charge in [0.25, 0.3) is 0 Å². The van der Waals surface area contributed by atoms with Crippen LogP contribution >= 0.6 is 0 Å². The Morgan fingerprint density at radius 1 is 1.21 bits per heavy atom. The number of phenolic OH excluding ortho intramolecular Hbond substituents is 2. The van der Waals surface area contributed by atoms with Crippen molar-refractivity contribution in [1.82, 2.24) is 0 Å². The molecule has 0 amide bonds. The van der Waals surface area contributed by atoms with E-state index in [4.69, 9.17) is 5.11 Å². The van der Waals surface area contributed by atoms with Crippen LogP contribution < -0.4 is 0 Å². The highest BCUT2D eigenvalue weighted by atomic mass is 16.3. The van der Waals surface area contributed by atoms with Crippen molar-refractivity contribution in [2.45, 2.75) is 12.0 Å². The molecule has 1 aromatic rings. The quantitative estimate of drug-likeness (QED) is 0.293. The van der Waals surface area contributed by atoms with Gasteiger partial charge in [0.2, 0.25) is 0 Å². The number of aromatic hydroxyl groups is 2. The number of carbonyl (C=O) groups excluding carboxylic acids is 3. The van der Waals surface area contributed by atoms with Crippen LogP contribution in [0.3, 0.4) is 0 Å². The third-order valence-corrected chi connectivity index (χ3v) is 2.44. The molecular weight excluding hydrogens is 252 g/mol. The van der Waals surface area contributed by atoms with Crippen LogP contribution in [0.1, 0.15) is 12.0 Å². The van der Waals surface area contributed by atoms with Gasteiger partial charge in [0.15, 0.2) is 29.2 Å². The maximum atomic E-state index is 11.6. The van der Waals surface area contributed by atoms with Crippen molar-refractivity contribution in [3.05, 3.63) is 29.8 Å². The van der Waals surface area contributed by atoms with Crippen molar-refractivity contribution in [2.24, 2.45) is 0 Å². The van der Waals surface area contributed by atoms with E-state index in [0.717, 1.165) is 6.08 Å². The fourth-order valence-corrected chi connectivity index (χ4v) is 1.29. The summed E-state index contributed by atoms with van der Waals surface area (Å²) in [5.74, 6) is -1.62. The number of phenols is 2. The monoisotopic (exact) mass is 264 g/mol. The standard InChI is InChI=1S/C13H12O6/c14-6-5-13(19,8-15)12(18)4-2-9-1-3-10(16)11(17)7-9/h1-4,6-8,16-17,19H,5H2. The molecule has 19 heavy (non-hydrogen) atoms. The number of hydrogen-bond donors (Lipinski definition) is 3. The number of carbonyl (C=O) groups is 3. The lowest BCUT2D eigenvalue weighted by Crippen LogP contribution is -2.39. The molecule has 0 spiro atoms. The smallest absolute Gasteiger partial charge is 0.194 e. The minimum atomic E-state index is -2.36. The first kappa shape index (κ1) is 14.6. The van der Waals surface area contributed by atoms with Gasteiger partial charge >= 0.3 is 0 Å². The van der Waals surface area contributed by atoms with Crippen LogP contribution in [-0.4, -0.2) is 39.3 Å². The normalized spacial score (nSPS) is 13.9. The van der Waals surface area contributed by atoms with Crippen LogP contribution in [0.4, 0.5) is 0 Å². The topological polar surface area (TPSA) is 112 Å². The third kappa shape index (κ3) is 3.49. The van der Waals surface area contributed by atoms with Gasteiger partial charge < -0.3 is 20.1 Å². The summed E-state index contributed by atoms with van der Waals surface area (Å²) in [6.45, 7) is 0. The average Bonchev–Trinajstić information content (AvgIpc) is 2.39. The molecule has 1 atom stereocenters. The number of rotatable bonds is 6. The van der Waals surface area contributed by atoms with E-state index < -0.39 is 17.8 Å². The molecule has 1 rings (SSSR count). The van der Waals surface area contributed by atoms with E-state index in [1.165, 1.54) is 24.3 Å². The molecule has 0 bridgehead atoms. The predicted octanol–water partition coefficient (Wildman–Crippen LogP) is 0.199. The van der Waals surface area contributed by atoms with Gasteiger partial charge in [-0.05, 0) is 23.8 Å². The Morgan fingerprint density at radius 2 is 1.89 bits per heavy atom. The minimum Gasteiger partial charge on any atom is -0.504 e. The average molecular weight is 264 g/mol. The maximum Gasteiger partial charge on any atom is 0.194 e. The van der Waals surface area contributed by atoms with Gasteiger partial charge in [-0.3, -0.25) is 9.59 Å². The summed E-state index contributed by atoms with van der Waals surface area (Å²) in [6, 6.07) is 3.83. The molecule has 0 aliphatic rings. The highest BCUT2D eigenvalue weighted by Gasteiger charge is 2.33. The molecule has 0 saturated heterocycles. The molecule has 100 valence electrons. The molecule has 0 fully saturated rings. The molecule has 1 unspecified atom stereocenters. The van der Waals surface area contributed by atoms with Crippen molar-refractivity contribution < 1.29 is 29.7 Å². The van der Waals surface area contributed by atoms with E-state index in [0.29, 0.717) is 5.56 Å². The van der Waals surface area contributed by atoms with Crippen LogP contribution in [0.2, 0.25) is 0 Å². The molecule has 6 nitrogen and oxygen atoms in total. The van der Waals surface area contributed by atoms with Gasteiger partial charge in [0.05, 0.1) is 0 Å². The molecular formula is C13H12O6. The second-order valence-electron chi connectivity index (χ2n) is 3.86. The van der Waals surface area contributed by atoms with Gasteiger partial charge in [-0.15, -0.1) is 0 Å². The highest BCUT2D eigenvalue weighted by molar-refractivity contribution is 6.10. The van der Waals surface area contributed by atoms with Gasteiger partial charge in [-0.2, -0.15) is 0 Å². The highest BCUT2D eigenvalue weighted by Crippen LogP contribution is 2.25. The second-order valence-corrected chi connectivity index (χ2v) is 3.86. The predicted molar refractivity (Wildman–Crippen MR) is 65.5 cm³/mol. The summed E-state index contributed by atoms with van der Waals surface area (Å²) >= 11 is 0. The van der Waals surface area contributed by atoms with Crippen LogP contribution in [-0.2, 0) is 14.4 Å². The first-order chi connectivity index (χ1) is 8.92. The van der Waals surface area contributed by atoms with E-state index >= 15 is 0 Å². The van der Waals surface area contributed by atoms with Crippen molar-refractivity contribution in [2.75, 3.05) is 0 Å². The van der Waals surface area contributed by atoms with Crippen molar-refractivity contribution in [3.63, 3.8) is 0 Å². The van der Waals surface area contributed by atoms with E-state index in [-0.39, 0.29) is 24.1 Å². The lowest BCUT2D eigenvalue weighted by atomic mass is 9.96. The summed E-state index contributed by atoms with van der Waals surface area (Å²) in [5, 5.41) is 27.9. The Hall–Kier alpha value is -2.47. The fraction of sp³-hybridized carbons (Fsp3) is 0.154. The summed E-state index contributed by atoms with van der Waals surface area (Å²) < 4.78 is 0. The number of hydrogen-bond acceptors (Lipinski definition) is 6. The molecule has 0 aliphatic carbocycles. The molecule has 1 aromatic carbocycles. The van der Waals surface area contributed by atoms with E-state index in [1.54, 1.807) is 0 Å². The molecule has 0 aliphatic heterocycles. The lowest BCUT2D eigenvalue weighted by molar-refractivity contribution is -0.142.